The molecule has 0 atom stereocenters. The van der Waals surface area contributed by atoms with Gasteiger partial charge in [-0.05, 0) is 24.3 Å². The molecule has 0 saturated carbocycles. The second kappa shape index (κ2) is 5.38. The summed E-state index contributed by atoms with van der Waals surface area (Å²) in [6, 6.07) is 5.74. The van der Waals surface area contributed by atoms with E-state index < -0.39 is 21.7 Å². The number of para-hydroxylation sites is 1. The van der Waals surface area contributed by atoms with Crippen LogP contribution in [-0.4, -0.2) is 37.4 Å². The lowest BCUT2D eigenvalue weighted by atomic mass is 10.1. The smallest absolute Gasteiger partial charge is 0.259 e. The highest BCUT2D eigenvalue weighted by atomic mass is 32.2. The number of allylic oxidation sites excluding steroid dienone is 2. The first-order chi connectivity index (χ1) is 10.5. The summed E-state index contributed by atoms with van der Waals surface area (Å²) >= 11 is 0. The average molecular weight is 321 g/mol. The standard InChI is InChI=1S/C14H12FN3O3S/c15-11-5-1-2-6-12(11)16-14(19)10-4-3-7-18-8-9-22(20,21)17-13(10)18/h1-7H,8-9H2,(H,16,19). The highest BCUT2D eigenvalue weighted by Crippen LogP contribution is 2.20. The molecule has 3 rings (SSSR count). The van der Waals surface area contributed by atoms with Gasteiger partial charge in [-0.25, -0.2) is 12.8 Å². The number of benzene rings is 1. The maximum absolute atomic E-state index is 13.6. The molecule has 0 saturated heterocycles. The molecule has 0 fully saturated rings. The minimum absolute atomic E-state index is 0.0220. The minimum atomic E-state index is -3.58. The number of fused-ring (bicyclic) bond motifs is 1. The molecule has 2 heterocycles. The second-order valence-corrected chi connectivity index (χ2v) is 6.50. The van der Waals surface area contributed by atoms with E-state index >= 15 is 0 Å². The monoisotopic (exact) mass is 321 g/mol. The van der Waals surface area contributed by atoms with E-state index in [1.807, 2.05) is 0 Å². The number of hydrogen-bond donors (Lipinski definition) is 1. The van der Waals surface area contributed by atoms with E-state index in [0.29, 0.717) is 0 Å². The average Bonchev–Trinajstić information content (AvgIpc) is 2.48. The summed E-state index contributed by atoms with van der Waals surface area (Å²) in [5.41, 5.74) is 0.0998. The van der Waals surface area contributed by atoms with Gasteiger partial charge in [0, 0.05) is 12.7 Å². The molecule has 0 aromatic heterocycles. The van der Waals surface area contributed by atoms with Crippen molar-refractivity contribution in [2.75, 3.05) is 17.6 Å². The van der Waals surface area contributed by atoms with Gasteiger partial charge < -0.3 is 10.2 Å². The van der Waals surface area contributed by atoms with E-state index in [4.69, 9.17) is 0 Å². The third-order valence-electron chi connectivity index (χ3n) is 3.22. The van der Waals surface area contributed by atoms with Crippen LogP contribution in [0.15, 0.2) is 52.6 Å². The largest absolute Gasteiger partial charge is 0.331 e. The fourth-order valence-corrected chi connectivity index (χ4v) is 3.13. The number of amides is 1. The van der Waals surface area contributed by atoms with Gasteiger partial charge in [-0.1, -0.05) is 12.1 Å². The molecule has 1 amide bonds. The van der Waals surface area contributed by atoms with Crippen molar-refractivity contribution in [2.24, 2.45) is 4.40 Å². The van der Waals surface area contributed by atoms with Crippen LogP contribution in [-0.2, 0) is 14.8 Å². The van der Waals surface area contributed by atoms with E-state index in [1.54, 1.807) is 23.2 Å². The topological polar surface area (TPSA) is 78.8 Å². The van der Waals surface area contributed by atoms with Gasteiger partial charge in [0.05, 0.1) is 17.0 Å². The van der Waals surface area contributed by atoms with Crippen molar-refractivity contribution in [3.8, 4) is 0 Å². The molecule has 0 radical (unpaired) electrons. The van der Waals surface area contributed by atoms with Crippen molar-refractivity contribution < 1.29 is 17.6 Å². The molecule has 2 aliphatic heterocycles. The van der Waals surface area contributed by atoms with Gasteiger partial charge in [-0.15, -0.1) is 4.40 Å². The first-order valence-electron chi connectivity index (χ1n) is 6.50. The van der Waals surface area contributed by atoms with Crippen LogP contribution in [0, 0.1) is 5.82 Å². The maximum atomic E-state index is 13.6. The van der Waals surface area contributed by atoms with Crippen LogP contribution >= 0.6 is 0 Å². The highest BCUT2D eigenvalue weighted by Gasteiger charge is 2.30. The predicted octanol–water partition coefficient (Wildman–Crippen LogP) is 1.26. The summed E-state index contributed by atoms with van der Waals surface area (Å²) < 4.78 is 40.5. The molecular formula is C14H12FN3O3S. The van der Waals surface area contributed by atoms with Crippen molar-refractivity contribution in [1.82, 2.24) is 4.90 Å². The normalized spacial score (nSPS) is 19.0. The number of hydrogen-bond acceptors (Lipinski definition) is 4. The van der Waals surface area contributed by atoms with Crippen molar-refractivity contribution >= 4 is 27.5 Å². The molecule has 0 spiro atoms. The summed E-state index contributed by atoms with van der Waals surface area (Å²) in [5.74, 6) is -1.24. The third kappa shape index (κ3) is 2.77. The fourth-order valence-electron chi connectivity index (χ4n) is 2.15. The fraction of sp³-hybridized carbons (Fsp3) is 0.143. The molecule has 22 heavy (non-hydrogen) atoms. The van der Waals surface area contributed by atoms with Crippen molar-refractivity contribution in [1.29, 1.82) is 0 Å². The molecule has 0 unspecified atom stereocenters. The summed E-state index contributed by atoms with van der Waals surface area (Å²) in [5, 5.41) is 2.42. The van der Waals surface area contributed by atoms with Gasteiger partial charge in [0.25, 0.3) is 15.9 Å². The van der Waals surface area contributed by atoms with E-state index in [2.05, 4.69) is 9.71 Å². The molecule has 1 aromatic carbocycles. The Hall–Kier alpha value is -2.48. The van der Waals surface area contributed by atoms with Crippen LogP contribution in [0.5, 0.6) is 0 Å². The maximum Gasteiger partial charge on any atom is 0.259 e. The molecule has 1 aromatic rings. The third-order valence-corrected chi connectivity index (χ3v) is 4.37. The Labute approximate surface area is 126 Å². The van der Waals surface area contributed by atoms with Gasteiger partial charge >= 0.3 is 0 Å². The quantitative estimate of drug-likeness (QED) is 0.889. The minimum Gasteiger partial charge on any atom is -0.331 e. The number of rotatable bonds is 2. The Bertz CT molecular complexity index is 827. The number of sulfonamides is 1. The summed E-state index contributed by atoms with van der Waals surface area (Å²) in [6.45, 7) is 0.224. The molecular weight excluding hydrogens is 309 g/mol. The van der Waals surface area contributed by atoms with E-state index in [-0.39, 0.29) is 29.4 Å². The van der Waals surface area contributed by atoms with Crippen LogP contribution in [0.2, 0.25) is 0 Å². The number of halogens is 1. The Balaban J connectivity index is 1.92. The molecule has 0 bridgehead atoms. The van der Waals surface area contributed by atoms with Gasteiger partial charge in [0.1, 0.15) is 5.82 Å². The van der Waals surface area contributed by atoms with Gasteiger partial charge in [-0.3, -0.25) is 4.79 Å². The molecule has 8 heteroatoms. The number of anilines is 1. The van der Waals surface area contributed by atoms with Crippen LogP contribution in [0.25, 0.3) is 0 Å². The number of nitrogens with one attached hydrogen (secondary N) is 1. The lowest BCUT2D eigenvalue weighted by molar-refractivity contribution is -0.112. The summed E-state index contributed by atoms with van der Waals surface area (Å²) in [7, 11) is -3.58. The second-order valence-electron chi connectivity index (χ2n) is 4.75. The van der Waals surface area contributed by atoms with Crippen LogP contribution in [0.4, 0.5) is 10.1 Å². The van der Waals surface area contributed by atoms with Crippen molar-refractivity contribution in [3.05, 3.63) is 54.0 Å². The lowest BCUT2D eigenvalue weighted by Gasteiger charge is -2.28. The summed E-state index contributed by atoms with van der Waals surface area (Å²) in [6.07, 6.45) is 4.72. The van der Waals surface area contributed by atoms with E-state index in [1.165, 1.54) is 24.3 Å². The zero-order valence-corrected chi connectivity index (χ0v) is 12.2. The first-order valence-corrected chi connectivity index (χ1v) is 8.11. The van der Waals surface area contributed by atoms with Crippen molar-refractivity contribution in [2.45, 2.75) is 0 Å². The number of carbonyl (C=O) groups is 1. The highest BCUT2D eigenvalue weighted by molar-refractivity contribution is 7.90. The Morgan fingerprint density at radius 3 is 2.86 bits per heavy atom. The van der Waals surface area contributed by atoms with Gasteiger partial charge in [0.15, 0.2) is 5.84 Å². The SMILES string of the molecule is O=C(Nc1ccccc1F)C1=CC=CN2CCS(=O)(=O)N=C12. The lowest BCUT2D eigenvalue weighted by Crippen LogP contribution is -2.40. The van der Waals surface area contributed by atoms with E-state index in [0.717, 1.165) is 0 Å². The van der Waals surface area contributed by atoms with Crippen LogP contribution in [0.1, 0.15) is 0 Å². The zero-order chi connectivity index (χ0) is 15.7. The molecule has 2 aliphatic rings. The molecule has 1 N–H and O–H groups in total. The van der Waals surface area contributed by atoms with Crippen LogP contribution < -0.4 is 5.32 Å². The Morgan fingerprint density at radius 2 is 2.09 bits per heavy atom. The van der Waals surface area contributed by atoms with Crippen LogP contribution in [0.3, 0.4) is 0 Å². The molecule has 114 valence electrons. The predicted molar refractivity (Wildman–Crippen MR) is 80.2 cm³/mol. The zero-order valence-electron chi connectivity index (χ0n) is 11.4. The van der Waals surface area contributed by atoms with Crippen molar-refractivity contribution in [3.63, 3.8) is 0 Å². The molecule has 0 aliphatic carbocycles. The van der Waals surface area contributed by atoms with E-state index in [9.17, 15) is 17.6 Å². The number of amidine groups is 1. The Morgan fingerprint density at radius 1 is 1.32 bits per heavy atom. The number of carbonyl (C=O) groups excluding carboxylic acids is 1. The van der Waals surface area contributed by atoms with Gasteiger partial charge in [0.2, 0.25) is 0 Å². The summed E-state index contributed by atoms with van der Waals surface area (Å²) in [4.78, 5) is 13.9. The van der Waals surface area contributed by atoms with Gasteiger partial charge in [-0.2, -0.15) is 0 Å². The number of nitrogens with zero attached hydrogens (tertiary/aromatic N) is 2. The Kier molecular flexibility index (Phi) is 3.53. The molecule has 6 nitrogen and oxygen atoms in total. The first kappa shape index (κ1) is 14.5.